The molecular formula is C30H29Cl2N5O5S. The van der Waals surface area contributed by atoms with Crippen molar-refractivity contribution in [2.75, 3.05) is 16.4 Å². The van der Waals surface area contributed by atoms with E-state index in [1.54, 1.807) is 49.4 Å². The third-order valence-electron chi connectivity index (χ3n) is 6.45. The predicted octanol–water partition coefficient (Wildman–Crippen LogP) is 5.57. The number of sulfone groups is 1. The molecule has 0 spiro atoms. The van der Waals surface area contributed by atoms with Crippen molar-refractivity contribution in [1.29, 1.82) is 0 Å². The Morgan fingerprint density at radius 2 is 1.74 bits per heavy atom. The van der Waals surface area contributed by atoms with Crippen LogP contribution < -0.4 is 15.0 Å². The molecule has 0 atom stereocenters. The number of nitrogens with one attached hydrogen (secondary N) is 1. The maximum Gasteiger partial charge on any atom is 0.281 e. The normalized spacial score (nSPS) is 14.6. The average Bonchev–Trinajstić information content (AvgIpc) is 3.32. The first kappa shape index (κ1) is 30.5. The number of amides is 2. The van der Waals surface area contributed by atoms with E-state index in [4.69, 9.17) is 27.9 Å². The highest BCUT2D eigenvalue weighted by atomic mass is 35.5. The third-order valence-corrected chi connectivity index (χ3v) is 8.72. The monoisotopic (exact) mass is 641 g/mol. The van der Waals surface area contributed by atoms with Crippen molar-refractivity contribution >= 4 is 56.2 Å². The molecule has 1 saturated heterocycles. The first-order chi connectivity index (χ1) is 20.2. The van der Waals surface area contributed by atoms with Crippen LogP contribution in [0.5, 0.6) is 5.88 Å². The van der Waals surface area contributed by atoms with Gasteiger partial charge < -0.3 is 10.1 Å². The number of halogens is 2. The van der Waals surface area contributed by atoms with Gasteiger partial charge in [-0.2, -0.15) is 0 Å². The van der Waals surface area contributed by atoms with E-state index in [2.05, 4.69) is 15.4 Å². The molecule has 2 aromatic heterocycles. The van der Waals surface area contributed by atoms with Crippen molar-refractivity contribution in [2.24, 2.45) is 0 Å². The molecule has 4 aromatic rings. The van der Waals surface area contributed by atoms with Crippen LogP contribution in [0.3, 0.4) is 0 Å². The fraction of sp³-hybridized carbons (Fsp3) is 0.267. The van der Waals surface area contributed by atoms with Gasteiger partial charge in [-0.15, -0.1) is 5.10 Å². The third kappa shape index (κ3) is 6.69. The first-order valence-corrected chi connectivity index (χ1v) is 15.9. The topological polar surface area (TPSA) is 123 Å². The Morgan fingerprint density at radius 3 is 2.37 bits per heavy atom. The zero-order valence-corrected chi connectivity index (χ0v) is 26.2. The molecule has 3 heterocycles. The number of benzene rings is 2. The van der Waals surface area contributed by atoms with Gasteiger partial charge in [-0.05, 0) is 69.7 Å². The number of para-hydroxylation sites is 1. The summed E-state index contributed by atoms with van der Waals surface area (Å²) in [7, 11) is -3.17. The molecule has 1 fully saturated rings. The smallest absolute Gasteiger partial charge is 0.281 e. The highest BCUT2D eigenvalue weighted by Gasteiger charge is 2.37. The van der Waals surface area contributed by atoms with Gasteiger partial charge in [0.2, 0.25) is 5.88 Å². The van der Waals surface area contributed by atoms with E-state index < -0.39 is 33.3 Å². The predicted molar refractivity (Wildman–Crippen MR) is 166 cm³/mol. The summed E-state index contributed by atoms with van der Waals surface area (Å²) in [5.74, 6) is -1.11. The molecule has 5 rings (SSSR count). The van der Waals surface area contributed by atoms with Crippen LogP contribution in [0.2, 0.25) is 10.0 Å². The zero-order chi connectivity index (χ0) is 31.1. The Labute approximate surface area is 259 Å². The Hall–Kier alpha value is -3.93. The highest BCUT2D eigenvalue weighted by Crippen LogP contribution is 2.37. The number of aromatic nitrogens is 3. The zero-order valence-electron chi connectivity index (χ0n) is 23.8. The molecular weight excluding hydrogens is 613 g/mol. The highest BCUT2D eigenvalue weighted by molar-refractivity contribution is 7.92. The summed E-state index contributed by atoms with van der Waals surface area (Å²) >= 11 is 12.9. The van der Waals surface area contributed by atoms with Crippen LogP contribution in [0.4, 0.5) is 11.4 Å². The molecule has 1 N–H and O–H groups in total. The summed E-state index contributed by atoms with van der Waals surface area (Å²) in [5, 5.41) is 7.95. The molecule has 2 amide bonds. The van der Waals surface area contributed by atoms with Crippen LogP contribution in [-0.4, -0.2) is 58.1 Å². The van der Waals surface area contributed by atoms with Crippen molar-refractivity contribution in [3.63, 3.8) is 0 Å². The van der Waals surface area contributed by atoms with E-state index in [-0.39, 0.29) is 39.5 Å². The van der Waals surface area contributed by atoms with Gasteiger partial charge in [-0.3, -0.25) is 14.5 Å². The molecule has 0 saturated carbocycles. The van der Waals surface area contributed by atoms with Gasteiger partial charge in [0.15, 0.2) is 15.7 Å². The van der Waals surface area contributed by atoms with Crippen LogP contribution in [0.15, 0.2) is 66.9 Å². The number of carbonyl (C=O) groups excluding carboxylic acids is 2. The second kappa shape index (κ2) is 11.6. The molecule has 0 aliphatic carbocycles. The van der Waals surface area contributed by atoms with Gasteiger partial charge in [0, 0.05) is 28.5 Å². The van der Waals surface area contributed by atoms with Gasteiger partial charge >= 0.3 is 0 Å². The van der Waals surface area contributed by atoms with E-state index >= 15 is 0 Å². The lowest BCUT2D eigenvalue weighted by Crippen LogP contribution is -2.45. The fourth-order valence-corrected chi connectivity index (χ4v) is 6.32. The van der Waals surface area contributed by atoms with Crippen LogP contribution in [0.25, 0.3) is 5.82 Å². The van der Waals surface area contributed by atoms with Crippen LogP contribution in [-0.2, 0) is 9.84 Å². The van der Waals surface area contributed by atoms with Crippen LogP contribution in [0, 0.1) is 6.92 Å². The largest absolute Gasteiger partial charge is 0.471 e. The number of carbonyl (C=O) groups is 2. The van der Waals surface area contributed by atoms with E-state index in [1.807, 2.05) is 26.8 Å². The number of rotatable bonds is 7. The lowest BCUT2D eigenvalue weighted by atomic mass is 10.0. The summed E-state index contributed by atoms with van der Waals surface area (Å²) in [5.41, 5.74) is 0.988. The van der Waals surface area contributed by atoms with Crippen molar-refractivity contribution in [3.8, 4) is 11.7 Å². The second-order valence-corrected chi connectivity index (χ2v) is 14.2. The van der Waals surface area contributed by atoms with Crippen molar-refractivity contribution < 1.29 is 22.7 Å². The van der Waals surface area contributed by atoms with Crippen LogP contribution in [0.1, 0.15) is 47.2 Å². The quantitative estimate of drug-likeness (QED) is 0.280. The van der Waals surface area contributed by atoms with Gasteiger partial charge in [0.25, 0.3) is 11.8 Å². The first-order valence-electron chi connectivity index (χ1n) is 13.3. The summed E-state index contributed by atoms with van der Waals surface area (Å²) in [6.45, 7) is 7.32. The molecule has 224 valence electrons. The van der Waals surface area contributed by atoms with Crippen LogP contribution >= 0.6 is 23.2 Å². The van der Waals surface area contributed by atoms with Gasteiger partial charge in [-0.25, -0.2) is 18.1 Å². The molecule has 1 aliphatic rings. The van der Waals surface area contributed by atoms with Gasteiger partial charge in [0.1, 0.15) is 11.8 Å². The number of hydrogen-bond acceptors (Lipinski definition) is 7. The minimum absolute atomic E-state index is 0.0122. The number of hydrogen-bond donors (Lipinski definition) is 1. The SMILES string of the molecule is Cc1cc(Cl)cc(C(=O)NC(C)(C)C)c1N(C(=O)c1cc(OC2CS(=O)(=O)C2)nn1-c1ncccc1Cl)c1ccccc1. The Bertz CT molecular complexity index is 1810. The Balaban J connectivity index is 1.69. The second-order valence-electron chi connectivity index (χ2n) is 11.2. The lowest BCUT2D eigenvalue weighted by Gasteiger charge is -2.28. The summed E-state index contributed by atoms with van der Waals surface area (Å²) in [6, 6.07) is 16.7. The minimum Gasteiger partial charge on any atom is -0.471 e. The molecule has 1 aliphatic heterocycles. The number of anilines is 2. The van der Waals surface area contributed by atoms with E-state index in [0.717, 1.165) is 0 Å². The summed E-state index contributed by atoms with van der Waals surface area (Å²) < 4.78 is 30.5. The molecule has 0 radical (unpaired) electrons. The maximum atomic E-state index is 14.7. The molecule has 43 heavy (non-hydrogen) atoms. The van der Waals surface area contributed by atoms with E-state index in [1.165, 1.54) is 27.9 Å². The number of aryl methyl sites for hydroxylation is 1. The summed E-state index contributed by atoms with van der Waals surface area (Å²) in [4.78, 5) is 34.1. The molecule has 0 unspecified atom stereocenters. The number of nitrogens with zero attached hydrogens (tertiary/aromatic N) is 4. The minimum atomic E-state index is -3.17. The van der Waals surface area contributed by atoms with Crippen molar-refractivity contribution in [1.82, 2.24) is 20.1 Å². The van der Waals surface area contributed by atoms with Crippen molar-refractivity contribution in [2.45, 2.75) is 39.3 Å². The maximum absolute atomic E-state index is 14.7. The Kier molecular flexibility index (Phi) is 8.26. The molecule has 13 heteroatoms. The standard InChI is InChI=1S/C30H29Cl2N5O5S/c1-18-13-19(31)14-22(28(38)34-30(2,3)4)26(18)36(20-9-6-5-7-10-20)29(39)24-15-25(42-21-16-43(40,41)17-21)35-37(24)27-23(32)11-8-12-33-27/h5-15,21H,16-17H2,1-4H3,(H,34,38). The van der Waals surface area contributed by atoms with Gasteiger partial charge in [-0.1, -0.05) is 41.4 Å². The van der Waals surface area contributed by atoms with E-state index in [0.29, 0.717) is 22.0 Å². The van der Waals surface area contributed by atoms with Crippen molar-refractivity contribution in [3.05, 3.63) is 93.7 Å². The fourth-order valence-electron chi connectivity index (χ4n) is 4.67. The molecule has 10 nitrogen and oxygen atoms in total. The Morgan fingerprint density at radius 1 is 1.05 bits per heavy atom. The number of pyridine rings is 1. The number of ether oxygens (including phenoxy) is 1. The van der Waals surface area contributed by atoms with E-state index in [9.17, 15) is 18.0 Å². The molecule has 2 aromatic carbocycles. The van der Waals surface area contributed by atoms with Gasteiger partial charge in [0.05, 0.1) is 27.8 Å². The summed E-state index contributed by atoms with van der Waals surface area (Å²) in [6.07, 6.45) is 0.899. The lowest BCUT2D eigenvalue weighted by molar-refractivity contribution is 0.0920. The average molecular weight is 643 g/mol. The molecule has 0 bridgehead atoms.